The molecule has 382 valence electrons. The summed E-state index contributed by atoms with van der Waals surface area (Å²) in [6, 6.07) is 86.3. The summed E-state index contributed by atoms with van der Waals surface area (Å²) >= 11 is 1.94. The highest BCUT2D eigenvalue weighted by atomic mass is 32.2. The molecule has 3 aromatic heterocycles. The van der Waals surface area contributed by atoms with E-state index in [0.717, 1.165) is 36.1 Å². The highest BCUT2D eigenvalue weighted by Crippen LogP contribution is 2.49. The first-order valence-corrected chi connectivity index (χ1v) is 29.1. The molecule has 6 heteroatoms. The number of anilines is 3. The molecule has 0 spiro atoms. The van der Waals surface area contributed by atoms with Gasteiger partial charge in [0.05, 0.1) is 27.8 Å². The first-order chi connectivity index (χ1) is 39.3. The van der Waals surface area contributed by atoms with Crippen molar-refractivity contribution in [2.75, 3.05) is 4.90 Å². The number of fused-ring (bicyclic) bond motifs is 13. The molecule has 14 aromatic rings. The Kier molecular flexibility index (Phi) is 10.6. The molecule has 80 heavy (non-hydrogen) atoms. The van der Waals surface area contributed by atoms with Crippen molar-refractivity contribution in [2.24, 2.45) is 0 Å². The van der Waals surface area contributed by atoms with Crippen LogP contribution < -0.4 is 21.3 Å². The molecule has 0 fully saturated rings. The van der Waals surface area contributed by atoms with E-state index in [1.54, 1.807) is 0 Å². The molecular formula is C74H56BN3OS. The van der Waals surface area contributed by atoms with Gasteiger partial charge in [0.25, 0.3) is 0 Å². The number of rotatable bonds is 8. The fourth-order valence-corrected chi connectivity index (χ4v) is 14.7. The van der Waals surface area contributed by atoms with E-state index in [4.69, 9.17) is 4.42 Å². The zero-order valence-corrected chi connectivity index (χ0v) is 46.1. The Morgan fingerprint density at radius 3 is 1.65 bits per heavy atom. The van der Waals surface area contributed by atoms with Crippen LogP contribution in [0, 0.1) is 0 Å². The van der Waals surface area contributed by atoms with Crippen LogP contribution in [0.25, 0.3) is 99.2 Å². The van der Waals surface area contributed by atoms with E-state index in [0.29, 0.717) is 0 Å². The number of hydrogen-bond donors (Lipinski definition) is 0. The Morgan fingerprint density at radius 1 is 0.438 bits per heavy atom. The maximum Gasteiger partial charge on any atom is 0.249 e. The highest BCUT2D eigenvalue weighted by Gasteiger charge is 2.43. The summed E-state index contributed by atoms with van der Waals surface area (Å²) in [4.78, 5) is 5.27. The van der Waals surface area contributed by atoms with Crippen molar-refractivity contribution in [3.8, 4) is 33.6 Å². The second kappa shape index (κ2) is 18.0. The van der Waals surface area contributed by atoms with Gasteiger partial charge in [0, 0.05) is 64.9 Å². The van der Waals surface area contributed by atoms with Crippen LogP contribution in [0.3, 0.4) is 0 Å². The van der Waals surface area contributed by atoms with Crippen LogP contribution in [0.15, 0.2) is 245 Å². The zero-order valence-electron chi connectivity index (χ0n) is 45.3. The lowest BCUT2D eigenvalue weighted by molar-refractivity contribution is 0.589. The van der Waals surface area contributed by atoms with Crippen LogP contribution in [0.4, 0.5) is 17.1 Å². The number of furan rings is 1. The normalized spacial score (nSPS) is 13.1. The van der Waals surface area contributed by atoms with Crippen molar-refractivity contribution in [1.82, 2.24) is 9.13 Å². The van der Waals surface area contributed by atoms with Crippen molar-refractivity contribution in [3.63, 3.8) is 0 Å². The maximum absolute atomic E-state index is 6.69. The molecule has 5 heterocycles. The van der Waals surface area contributed by atoms with Gasteiger partial charge in [-0.3, -0.25) is 0 Å². The van der Waals surface area contributed by atoms with E-state index in [9.17, 15) is 0 Å². The van der Waals surface area contributed by atoms with E-state index in [-0.39, 0.29) is 12.1 Å². The number of nitrogens with zero attached hydrogens (tertiary/aromatic N) is 3. The van der Waals surface area contributed by atoms with Crippen LogP contribution in [0.2, 0.25) is 0 Å². The van der Waals surface area contributed by atoms with Gasteiger partial charge in [-0.25, -0.2) is 0 Å². The number of unbranched alkanes of at least 4 members (excludes halogenated alkanes) is 1. The molecule has 0 radical (unpaired) electrons. The molecule has 0 N–H and O–H groups in total. The van der Waals surface area contributed by atoms with Gasteiger partial charge in [-0.2, -0.15) is 0 Å². The second-order valence-corrected chi connectivity index (χ2v) is 24.1. The Labute approximate surface area is 470 Å². The minimum absolute atomic E-state index is 0.0182. The van der Waals surface area contributed by atoms with Crippen LogP contribution >= 0.6 is 11.8 Å². The van der Waals surface area contributed by atoms with E-state index in [1.807, 2.05) is 11.8 Å². The Balaban J connectivity index is 0.951. The Hall–Kier alpha value is -8.97. The largest absolute Gasteiger partial charge is 0.456 e. The average Bonchev–Trinajstić information content (AvgIpc) is 3.95. The lowest BCUT2D eigenvalue weighted by Crippen LogP contribution is -2.60. The second-order valence-electron chi connectivity index (χ2n) is 23.0. The molecule has 0 saturated heterocycles. The third-order valence-electron chi connectivity index (χ3n) is 17.3. The summed E-state index contributed by atoms with van der Waals surface area (Å²) < 4.78 is 11.7. The summed E-state index contributed by atoms with van der Waals surface area (Å²) in [5, 5.41) is 7.39. The van der Waals surface area contributed by atoms with Crippen LogP contribution in [-0.2, 0) is 11.8 Å². The number of aryl methyl sites for hydroxylation is 1. The molecular weight excluding hydrogens is 990 g/mol. The monoisotopic (exact) mass is 1050 g/mol. The molecule has 0 saturated carbocycles. The van der Waals surface area contributed by atoms with E-state index >= 15 is 0 Å². The molecule has 2 aliphatic heterocycles. The zero-order chi connectivity index (χ0) is 53.4. The van der Waals surface area contributed by atoms with E-state index < -0.39 is 0 Å². The van der Waals surface area contributed by atoms with Gasteiger partial charge in [-0.05, 0) is 154 Å². The van der Waals surface area contributed by atoms with Gasteiger partial charge in [0.2, 0.25) is 6.71 Å². The molecule has 16 rings (SSSR count). The van der Waals surface area contributed by atoms with Crippen molar-refractivity contribution in [1.29, 1.82) is 0 Å². The number of aromatic nitrogens is 2. The molecule has 0 unspecified atom stereocenters. The standard InChI is InChI=1S/C74H56BN3OS/c1-5-6-23-55-63(38-39-69-72(55)56-26-15-18-29-68(56)79-69)78-66-44-51(76-61-27-16-13-24-53(61)57-40-48(30-36-64(57)76)46-19-9-7-10-20-46)32-34-59(66)75-60-35-33-52(45-70(60)80-71-43-50(74(2,3)4)42-67(78)73(71)75)77-62-28-17-14-25-54(62)58-41-49(31-37-65(58)77)47-21-11-8-12-22-47/h7-22,24-45H,5-6,23H2,1-4H3. The smallest absolute Gasteiger partial charge is 0.249 e. The summed E-state index contributed by atoms with van der Waals surface area (Å²) in [6.45, 7) is 9.39. The van der Waals surface area contributed by atoms with Crippen molar-refractivity contribution < 1.29 is 4.42 Å². The first-order valence-electron chi connectivity index (χ1n) is 28.3. The Morgan fingerprint density at radius 2 is 1.01 bits per heavy atom. The molecule has 0 bridgehead atoms. The van der Waals surface area contributed by atoms with Crippen molar-refractivity contribution >= 4 is 117 Å². The number of para-hydroxylation sites is 3. The maximum atomic E-state index is 6.69. The van der Waals surface area contributed by atoms with Gasteiger partial charge >= 0.3 is 0 Å². The fraction of sp³-hybridized carbons (Fsp3) is 0.108. The molecule has 0 aliphatic carbocycles. The van der Waals surface area contributed by atoms with Gasteiger partial charge in [0.1, 0.15) is 11.2 Å². The molecule has 11 aromatic carbocycles. The average molecular weight is 1050 g/mol. The lowest BCUT2D eigenvalue weighted by atomic mass is 9.34. The van der Waals surface area contributed by atoms with Gasteiger partial charge in [0.15, 0.2) is 0 Å². The van der Waals surface area contributed by atoms with Crippen molar-refractivity contribution in [3.05, 3.63) is 242 Å². The number of hydrogen-bond acceptors (Lipinski definition) is 3. The van der Waals surface area contributed by atoms with Crippen LogP contribution in [-0.4, -0.2) is 15.8 Å². The lowest BCUT2D eigenvalue weighted by Gasteiger charge is -2.42. The molecule has 4 nitrogen and oxygen atoms in total. The summed E-state index contributed by atoms with van der Waals surface area (Å²) in [5.41, 5.74) is 24.1. The quantitative estimate of drug-likeness (QED) is 0.142. The van der Waals surface area contributed by atoms with Crippen LogP contribution in [0.1, 0.15) is 51.7 Å². The summed E-state index contributed by atoms with van der Waals surface area (Å²) in [7, 11) is 0. The molecule has 2 aliphatic rings. The first kappa shape index (κ1) is 47.1. The van der Waals surface area contributed by atoms with Gasteiger partial charge in [-0.15, -0.1) is 0 Å². The SMILES string of the molecule is CCCCc1c(N2c3cc(-n4c5ccccc5c5cc(-c6ccccc6)ccc54)ccc3B3c4ccc(-n5c6ccccc6c6cc(-c7ccccc7)ccc65)cc4Sc4cc(C(C)(C)C)cc2c43)ccc2oc3ccccc3c12. The molecule has 0 amide bonds. The van der Waals surface area contributed by atoms with Crippen molar-refractivity contribution in [2.45, 2.75) is 62.2 Å². The topological polar surface area (TPSA) is 26.2 Å². The third kappa shape index (κ3) is 7.18. The minimum atomic E-state index is -0.129. The summed E-state index contributed by atoms with van der Waals surface area (Å²) in [6.07, 6.45) is 3.07. The van der Waals surface area contributed by atoms with E-state index in [1.165, 1.54) is 137 Å². The van der Waals surface area contributed by atoms with Gasteiger partial charge < -0.3 is 18.5 Å². The Bertz CT molecular complexity index is 4850. The minimum Gasteiger partial charge on any atom is -0.456 e. The van der Waals surface area contributed by atoms with Crippen LogP contribution in [0.5, 0.6) is 0 Å². The summed E-state index contributed by atoms with van der Waals surface area (Å²) in [5.74, 6) is 0. The molecule has 0 atom stereocenters. The predicted octanol–water partition coefficient (Wildman–Crippen LogP) is 18.5. The number of benzene rings is 11. The van der Waals surface area contributed by atoms with E-state index in [2.05, 4.69) is 272 Å². The third-order valence-corrected chi connectivity index (χ3v) is 18.5. The van der Waals surface area contributed by atoms with Gasteiger partial charge in [-0.1, -0.05) is 191 Å². The predicted molar refractivity (Wildman–Crippen MR) is 340 cm³/mol. The fourth-order valence-electron chi connectivity index (χ4n) is 13.5. The highest BCUT2D eigenvalue weighted by molar-refractivity contribution is 8.00.